The van der Waals surface area contributed by atoms with Crippen LogP contribution >= 0.6 is 11.8 Å². The van der Waals surface area contributed by atoms with E-state index in [0.717, 1.165) is 37.7 Å². The zero-order valence-electron chi connectivity index (χ0n) is 11.0. The van der Waals surface area contributed by atoms with Crippen molar-refractivity contribution < 1.29 is 13.2 Å². The quantitative estimate of drug-likeness (QED) is 0.865. The van der Waals surface area contributed by atoms with Gasteiger partial charge in [-0.3, -0.25) is 4.68 Å². The average molecular weight is 293 g/mol. The summed E-state index contributed by atoms with van der Waals surface area (Å²) in [5.74, 6) is -0.121. The maximum atomic E-state index is 14.8. The molecule has 0 spiro atoms. The summed E-state index contributed by atoms with van der Waals surface area (Å²) in [7, 11) is 1.57. The predicted octanol–water partition coefficient (Wildman–Crippen LogP) is 3.14. The fourth-order valence-corrected chi connectivity index (χ4v) is 3.62. The first-order valence-corrected chi connectivity index (χ1v) is 7.12. The molecule has 3 nitrogen and oxygen atoms in total. The normalized spacial score (nSPS) is 20.7. The third-order valence-corrected chi connectivity index (χ3v) is 4.67. The van der Waals surface area contributed by atoms with Crippen molar-refractivity contribution in [3.05, 3.63) is 11.9 Å². The highest BCUT2D eigenvalue weighted by Crippen LogP contribution is 2.45. The van der Waals surface area contributed by atoms with Crippen LogP contribution in [-0.4, -0.2) is 27.9 Å². The molecule has 108 valence electrons. The van der Waals surface area contributed by atoms with Crippen LogP contribution in [0.2, 0.25) is 0 Å². The topological polar surface area (TPSA) is 29.9 Å². The van der Waals surface area contributed by atoms with Gasteiger partial charge in [0.1, 0.15) is 5.69 Å². The monoisotopic (exact) mass is 293 g/mol. The van der Waals surface area contributed by atoms with E-state index >= 15 is 0 Å². The molecule has 0 bridgehead atoms. The van der Waals surface area contributed by atoms with Crippen molar-refractivity contribution in [2.45, 2.75) is 36.1 Å². The van der Waals surface area contributed by atoms with Crippen molar-refractivity contribution in [3.63, 3.8) is 0 Å². The van der Waals surface area contributed by atoms with Gasteiger partial charge in [-0.1, -0.05) is 11.8 Å². The van der Waals surface area contributed by atoms with Gasteiger partial charge in [0.05, 0.1) is 4.90 Å². The first kappa shape index (κ1) is 14.7. The predicted molar refractivity (Wildman–Crippen MR) is 69.1 cm³/mol. The van der Waals surface area contributed by atoms with Crippen LogP contribution < -0.4 is 5.32 Å². The average Bonchev–Trinajstić information content (AvgIpc) is 2.71. The van der Waals surface area contributed by atoms with E-state index in [0.29, 0.717) is 0 Å². The Morgan fingerprint density at radius 2 is 2.11 bits per heavy atom. The van der Waals surface area contributed by atoms with Crippen LogP contribution in [-0.2, 0) is 7.05 Å². The fourth-order valence-electron chi connectivity index (χ4n) is 2.35. The number of thioether (sulfide) groups is 1. The molecule has 2 rings (SSSR count). The van der Waals surface area contributed by atoms with Crippen molar-refractivity contribution >= 4 is 11.8 Å². The molecule has 1 saturated heterocycles. The van der Waals surface area contributed by atoms with Crippen LogP contribution in [0.15, 0.2) is 11.1 Å². The fraction of sp³-hybridized carbons (Fsp3) is 0.750. The molecule has 19 heavy (non-hydrogen) atoms. The summed E-state index contributed by atoms with van der Waals surface area (Å²) < 4.78 is 41.7. The molecule has 1 aromatic heterocycles. The second-order valence-electron chi connectivity index (χ2n) is 4.97. The summed E-state index contributed by atoms with van der Waals surface area (Å²) in [4.78, 5) is 0.237. The Labute approximate surface area is 114 Å². The van der Waals surface area contributed by atoms with E-state index in [4.69, 9.17) is 0 Å². The van der Waals surface area contributed by atoms with Gasteiger partial charge < -0.3 is 5.32 Å². The van der Waals surface area contributed by atoms with Crippen LogP contribution in [0.5, 0.6) is 0 Å². The van der Waals surface area contributed by atoms with Gasteiger partial charge in [0, 0.05) is 19.2 Å². The lowest BCUT2D eigenvalue weighted by atomic mass is 9.93. The lowest BCUT2D eigenvalue weighted by Gasteiger charge is -2.33. The van der Waals surface area contributed by atoms with Crippen molar-refractivity contribution in [1.29, 1.82) is 0 Å². The molecule has 1 aliphatic heterocycles. The third-order valence-electron chi connectivity index (χ3n) is 3.41. The number of hydrogen-bond acceptors (Lipinski definition) is 3. The van der Waals surface area contributed by atoms with Gasteiger partial charge in [0.15, 0.2) is 5.00 Å². The number of halogens is 3. The Morgan fingerprint density at radius 1 is 1.47 bits per heavy atom. The van der Waals surface area contributed by atoms with Crippen LogP contribution in [0.3, 0.4) is 0 Å². The molecular formula is C12H18F3N3S. The van der Waals surface area contributed by atoms with E-state index in [9.17, 15) is 13.2 Å². The van der Waals surface area contributed by atoms with E-state index in [-0.39, 0.29) is 16.5 Å². The first-order chi connectivity index (χ1) is 8.90. The Morgan fingerprint density at radius 3 is 2.68 bits per heavy atom. The standard InChI is InChI=1S/C12H18F3N3S/c1-12(15,8-3-5-16-6-4-8)19-9-7-18(2)17-10(9)11(13)14/h7-8,11,16H,3-6H2,1-2H3. The minimum atomic E-state index is -2.67. The molecule has 0 aromatic carbocycles. The summed E-state index contributed by atoms with van der Waals surface area (Å²) in [5, 5.41) is 5.33. The molecule has 1 aromatic rings. The van der Waals surface area contributed by atoms with Gasteiger partial charge in [0.25, 0.3) is 6.43 Å². The Bertz CT molecular complexity index is 428. The lowest BCUT2D eigenvalue weighted by Crippen LogP contribution is -2.36. The molecule has 0 radical (unpaired) electrons. The number of rotatable bonds is 4. The van der Waals surface area contributed by atoms with Crippen LogP contribution in [0.1, 0.15) is 31.9 Å². The van der Waals surface area contributed by atoms with Crippen molar-refractivity contribution in [1.82, 2.24) is 15.1 Å². The molecule has 1 aliphatic rings. The minimum absolute atomic E-state index is 0.121. The number of aromatic nitrogens is 2. The van der Waals surface area contributed by atoms with Crippen LogP contribution in [0.4, 0.5) is 13.2 Å². The molecule has 2 heterocycles. The number of alkyl halides is 3. The van der Waals surface area contributed by atoms with E-state index < -0.39 is 11.4 Å². The summed E-state index contributed by atoms with van der Waals surface area (Å²) in [6.07, 6.45) is 0.243. The van der Waals surface area contributed by atoms with Gasteiger partial charge in [0.2, 0.25) is 0 Å². The Kier molecular flexibility index (Phi) is 4.45. The number of nitrogens with zero attached hydrogens (tertiary/aromatic N) is 2. The smallest absolute Gasteiger partial charge is 0.283 e. The van der Waals surface area contributed by atoms with Gasteiger partial charge in [-0.25, -0.2) is 13.2 Å². The second kappa shape index (κ2) is 5.75. The zero-order chi connectivity index (χ0) is 14.0. The summed E-state index contributed by atoms with van der Waals surface area (Å²) in [5.41, 5.74) is -0.328. The molecule has 1 fully saturated rings. The van der Waals surface area contributed by atoms with E-state index in [2.05, 4.69) is 10.4 Å². The van der Waals surface area contributed by atoms with E-state index in [1.807, 2.05) is 0 Å². The molecule has 0 amide bonds. The molecule has 0 saturated carbocycles. The summed E-state index contributed by atoms with van der Waals surface area (Å²) in [6, 6.07) is 0. The molecule has 1 atom stereocenters. The maximum absolute atomic E-state index is 14.8. The first-order valence-electron chi connectivity index (χ1n) is 6.30. The number of aryl methyl sites for hydroxylation is 1. The van der Waals surface area contributed by atoms with Gasteiger partial charge in [-0.2, -0.15) is 5.10 Å². The van der Waals surface area contributed by atoms with Crippen LogP contribution in [0.25, 0.3) is 0 Å². The van der Waals surface area contributed by atoms with Gasteiger partial charge in [-0.05, 0) is 32.9 Å². The van der Waals surface area contributed by atoms with Gasteiger partial charge in [-0.15, -0.1) is 0 Å². The number of nitrogens with one attached hydrogen (secondary N) is 1. The van der Waals surface area contributed by atoms with E-state index in [1.165, 1.54) is 17.8 Å². The highest BCUT2D eigenvalue weighted by Gasteiger charge is 2.37. The largest absolute Gasteiger partial charge is 0.317 e. The number of piperidine rings is 1. The van der Waals surface area contributed by atoms with Crippen molar-refractivity contribution in [3.8, 4) is 0 Å². The molecular weight excluding hydrogens is 275 g/mol. The van der Waals surface area contributed by atoms with E-state index in [1.54, 1.807) is 7.05 Å². The summed E-state index contributed by atoms with van der Waals surface area (Å²) in [6.45, 7) is 3.04. The highest BCUT2D eigenvalue weighted by molar-refractivity contribution is 8.00. The summed E-state index contributed by atoms with van der Waals surface area (Å²) >= 11 is 0.870. The maximum Gasteiger partial charge on any atom is 0.283 e. The highest BCUT2D eigenvalue weighted by atomic mass is 32.2. The van der Waals surface area contributed by atoms with Crippen LogP contribution in [0, 0.1) is 5.92 Å². The zero-order valence-corrected chi connectivity index (χ0v) is 11.8. The molecule has 7 heteroatoms. The van der Waals surface area contributed by atoms with Gasteiger partial charge >= 0.3 is 0 Å². The Hall–Kier alpha value is -0.690. The Balaban J connectivity index is 2.14. The SMILES string of the molecule is Cn1cc(SC(C)(F)C2CCNCC2)c(C(F)F)n1. The molecule has 1 N–H and O–H groups in total. The minimum Gasteiger partial charge on any atom is -0.317 e. The van der Waals surface area contributed by atoms with Crippen molar-refractivity contribution in [2.75, 3.05) is 13.1 Å². The molecule has 1 unspecified atom stereocenters. The second-order valence-corrected chi connectivity index (χ2v) is 6.41. The third kappa shape index (κ3) is 3.45. The molecule has 0 aliphatic carbocycles. The lowest BCUT2D eigenvalue weighted by molar-refractivity contribution is 0.141. The van der Waals surface area contributed by atoms with Crippen molar-refractivity contribution in [2.24, 2.45) is 13.0 Å². The number of hydrogen-bond donors (Lipinski definition) is 1.